The van der Waals surface area contributed by atoms with Crippen LogP contribution in [0.25, 0.3) is 10.9 Å². The minimum atomic E-state index is -0.713. The standard InChI is InChI=1S/C25H28N4O4S/c1-33-25(32)17-8-11-22(26-14-17)28-23(30)21(12-16-6-4-3-5-7-16)29-15-27-20-13-18(34-2)9-10-19(20)24(29)31/h8-11,13-16,21H,3-7,12H2,1-2H3,(H,26,28,30). The number of thioether (sulfide) groups is 1. The highest BCUT2D eigenvalue weighted by Gasteiger charge is 2.28. The summed E-state index contributed by atoms with van der Waals surface area (Å²) in [7, 11) is 1.30. The van der Waals surface area contributed by atoms with Crippen molar-refractivity contribution in [2.24, 2.45) is 5.92 Å². The predicted octanol–water partition coefficient (Wildman–Crippen LogP) is 4.45. The third-order valence-corrected chi connectivity index (χ3v) is 7.07. The first kappa shape index (κ1) is 23.9. The number of benzene rings is 1. The van der Waals surface area contributed by atoms with Gasteiger partial charge in [-0.25, -0.2) is 14.8 Å². The molecule has 2 heterocycles. The van der Waals surface area contributed by atoms with Crippen molar-refractivity contribution in [3.8, 4) is 0 Å². The number of nitrogens with one attached hydrogen (secondary N) is 1. The molecule has 1 N–H and O–H groups in total. The van der Waals surface area contributed by atoms with Crippen molar-refractivity contribution < 1.29 is 14.3 Å². The van der Waals surface area contributed by atoms with Crippen molar-refractivity contribution in [2.45, 2.75) is 49.5 Å². The summed E-state index contributed by atoms with van der Waals surface area (Å²) < 4.78 is 6.14. The van der Waals surface area contributed by atoms with E-state index < -0.39 is 12.0 Å². The predicted molar refractivity (Wildman–Crippen MR) is 132 cm³/mol. The maximum absolute atomic E-state index is 13.4. The topological polar surface area (TPSA) is 103 Å². The van der Waals surface area contributed by atoms with Crippen LogP contribution in [0.15, 0.2) is 52.5 Å². The van der Waals surface area contributed by atoms with E-state index in [1.54, 1.807) is 23.9 Å². The molecule has 8 nitrogen and oxygen atoms in total. The lowest BCUT2D eigenvalue weighted by atomic mass is 9.84. The molecular weight excluding hydrogens is 452 g/mol. The zero-order valence-electron chi connectivity index (χ0n) is 19.3. The van der Waals surface area contributed by atoms with Crippen LogP contribution in [0.4, 0.5) is 5.82 Å². The number of hydrogen-bond acceptors (Lipinski definition) is 7. The van der Waals surface area contributed by atoms with Gasteiger partial charge in [0.1, 0.15) is 11.9 Å². The fraction of sp³-hybridized carbons (Fsp3) is 0.400. The van der Waals surface area contributed by atoms with Crippen molar-refractivity contribution in [2.75, 3.05) is 18.7 Å². The Morgan fingerprint density at radius 2 is 1.97 bits per heavy atom. The Labute approximate surface area is 202 Å². The van der Waals surface area contributed by atoms with Gasteiger partial charge in [0.2, 0.25) is 5.91 Å². The Kier molecular flexibility index (Phi) is 7.62. The normalized spacial score (nSPS) is 15.1. The number of ether oxygens (including phenoxy) is 1. The molecule has 4 rings (SSSR count). The summed E-state index contributed by atoms with van der Waals surface area (Å²) >= 11 is 1.58. The molecule has 178 valence electrons. The molecule has 1 aromatic carbocycles. The summed E-state index contributed by atoms with van der Waals surface area (Å²) in [6, 6.07) is 7.92. The number of fused-ring (bicyclic) bond motifs is 1. The zero-order chi connectivity index (χ0) is 24.1. The minimum absolute atomic E-state index is 0.234. The summed E-state index contributed by atoms with van der Waals surface area (Å²) in [5.74, 6) is -0.162. The number of hydrogen-bond donors (Lipinski definition) is 1. The third kappa shape index (κ3) is 5.30. The van der Waals surface area contributed by atoms with E-state index in [1.807, 2.05) is 18.4 Å². The Morgan fingerprint density at radius 3 is 2.65 bits per heavy atom. The highest BCUT2D eigenvalue weighted by Crippen LogP contribution is 2.31. The van der Waals surface area contributed by atoms with Gasteiger partial charge in [0.05, 0.1) is 29.9 Å². The fourth-order valence-electron chi connectivity index (χ4n) is 4.47. The van der Waals surface area contributed by atoms with Crippen LogP contribution in [0.3, 0.4) is 0 Å². The Bertz CT molecular complexity index is 1240. The van der Waals surface area contributed by atoms with E-state index >= 15 is 0 Å². The number of amides is 1. The Hall–Kier alpha value is -3.20. The number of carbonyl (C=O) groups excluding carboxylic acids is 2. The quantitative estimate of drug-likeness (QED) is 0.394. The van der Waals surface area contributed by atoms with E-state index in [2.05, 4.69) is 20.0 Å². The number of rotatable bonds is 7. The summed E-state index contributed by atoms with van der Waals surface area (Å²) in [6.07, 6.45) is 10.9. The number of carbonyl (C=O) groups is 2. The molecule has 0 bridgehead atoms. The van der Waals surface area contributed by atoms with Gasteiger partial charge in [0, 0.05) is 11.1 Å². The monoisotopic (exact) mass is 480 g/mol. The molecule has 0 aliphatic heterocycles. The third-order valence-electron chi connectivity index (χ3n) is 6.35. The van der Waals surface area contributed by atoms with E-state index in [0.29, 0.717) is 34.6 Å². The molecule has 34 heavy (non-hydrogen) atoms. The van der Waals surface area contributed by atoms with Crippen LogP contribution in [0.2, 0.25) is 0 Å². The molecule has 1 amide bonds. The molecule has 1 saturated carbocycles. The first-order valence-electron chi connectivity index (χ1n) is 11.4. The molecule has 0 saturated heterocycles. The molecule has 2 aromatic heterocycles. The Morgan fingerprint density at radius 1 is 1.18 bits per heavy atom. The van der Waals surface area contributed by atoms with Gasteiger partial charge in [0.15, 0.2) is 0 Å². The maximum atomic E-state index is 13.4. The van der Waals surface area contributed by atoms with Crippen molar-refractivity contribution in [3.63, 3.8) is 0 Å². The van der Waals surface area contributed by atoms with Gasteiger partial charge in [-0.15, -0.1) is 11.8 Å². The van der Waals surface area contributed by atoms with E-state index in [9.17, 15) is 14.4 Å². The van der Waals surface area contributed by atoms with Crippen molar-refractivity contribution in [3.05, 3.63) is 58.8 Å². The van der Waals surface area contributed by atoms with Gasteiger partial charge in [-0.05, 0) is 48.9 Å². The number of methoxy groups -OCH3 is 1. The first-order valence-corrected chi connectivity index (χ1v) is 12.6. The van der Waals surface area contributed by atoms with Crippen LogP contribution in [-0.4, -0.2) is 39.8 Å². The number of anilines is 1. The molecule has 9 heteroatoms. The van der Waals surface area contributed by atoms with E-state index in [1.165, 1.54) is 36.7 Å². The molecule has 1 fully saturated rings. The average Bonchev–Trinajstić information content (AvgIpc) is 2.88. The van der Waals surface area contributed by atoms with Gasteiger partial charge >= 0.3 is 5.97 Å². The fourth-order valence-corrected chi connectivity index (χ4v) is 4.90. The molecule has 1 atom stereocenters. The Balaban J connectivity index is 1.65. The van der Waals surface area contributed by atoms with E-state index in [0.717, 1.165) is 30.6 Å². The van der Waals surface area contributed by atoms with Crippen LogP contribution in [0.1, 0.15) is 54.9 Å². The minimum Gasteiger partial charge on any atom is -0.465 e. The van der Waals surface area contributed by atoms with Crippen molar-refractivity contribution >= 4 is 40.4 Å². The van der Waals surface area contributed by atoms with Gasteiger partial charge in [-0.3, -0.25) is 14.2 Å². The smallest absolute Gasteiger partial charge is 0.339 e. The van der Waals surface area contributed by atoms with Gasteiger partial charge in [-0.1, -0.05) is 32.1 Å². The summed E-state index contributed by atoms with van der Waals surface area (Å²) in [4.78, 5) is 48.1. The second kappa shape index (κ2) is 10.8. The molecule has 0 radical (unpaired) electrons. The lowest BCUT2D eigenvalue weighted by Gasteiger charge is -2.27. The van der Waals surface area contributed by atoms with Gasteiger partial charge in [-0.2, -0.15) is 0 Å². The molecule has 0 spiro atoms. The molecule has 1 unspecified atom stereocenters. The number of esters is 1. The molecular formula is C25H28N4O4S. The van der Waals surface area contributed by atoms with Gasteiger partial charge in [0.25, 0.3) is 5.56 Å². The van der Waals surface area contributed by atoms with Crippen molar-refractivity contribution in [1.82, 2.24) is 14.5 Å². The van der Waals surface area contributed by atoms with Crippen LogP contribution in [-0.2, 0) is 9.53 Å². The molecule has 3 aromatic rings. The van der Waals surface area contributed by atoms with E-state index in [-0.39, 0.29) is 11.5 Å². The zero-order valence-corrected chi connectivity index (χ0v) is 20.1. The summed E-state index contributed by atoms with van der Waals surface area (Å²) in [6.45, 7) is 0. The molecule has 1 aliphatic carbocycles. The van der Waals surface area contributed by atoms with Crippen LogP contribution in [0, 0.1) is 5.92 Å². The van der Waals surface area contributed by atoms with Crippen molar-refractivity contribution in [1.29, 1.82) is 0 Å². The number of pyridine rings is 1. The number of nitrogens with zero attached hydrogens (tertiary/aromatic N) is 3. The summed E-state index contributed by atoms with van der Waals surface area (Å²) in [5.41, 5.74) is 0.673. The molecule has 1 aliphatic rings. The lowest BCUT2D eigenvalue weighted by Crippen LogP contribution is -2.35. The SMILES string of the molecule is COC(=O)c1ccc(NC(=O)C(CC2CCCCC2)n2cnc3cc(SC)ccc3c2=O)nc1. The van der Waals surface area contributed by atoms with Crippen LogP contribution in [0.5, 0.6) is 0 Å². The second-order valence-electron chi connectivity index (χ2n) is 8.51. The number of aromatic nitrogens is 3. The first-order chi connectivity index (χ1) is 16.5. The largest absolute Gasteiger partial charge is 0.465 e. The highest BCUT2D eigenvalue weighted by molar-refractivity contribution is 7.98. The average molecular weight is 481 g/mol. The lowest BCUT2D eigenvalue weighted by molar-refractivity contribution is -0.120. The van der Waals surface area contributed by atoms with E-state index in [4.69, 9.17) is 0 Å². The van der Waals surface area contributed by atoms with Crippen LogP contribution < -0.4 is 10.9 Å². The maximum Gasteiger partial charge on any atom is 0.339 e. The second-order valence-corrected chi connectivity index (χ2v) is 9.39. The summed E-state index contributed by atoms with van der Waals surface area (Å²) in [5, 5.41) is 3.30. The van der Waals surface area contributed by atoms with Crippen LogP contribution >= 0.6 is 11.8 Å². The van der Waals surface area contributed by atoms with Gasteiger partial charge < -0.3 is 10.1 Å². The highest BCUT2D eigenvalue weighted by atomic mass is 32.2.